The van der Waals surface area contributed by atoms with E-state index in [1.54, 1.807) is 0 Å². The number of rotatable bonds is 5. The highest BCUT2D eigenvalue weighted by molar-refractivity contribution is 5.00. The molecule has 0 aromatic rings. The normalized spacial score (nSPS) is 26.2. The second-order valence-electron chi connectivity index (χ2n) is 5.15. The van der Waals surface area contributed by atoms with Crippen LogP contribution >= 0.6 is 0 Å². The summed E-state index contributed by atoms with van der Waals surface area (Å²) in [5.41, 5.74) is 0. The molecule has 4 unspecified atom stereocenters. The predicted octanol–water partition coefficient (Wildman–Crippen LogP) is 4.71. The lowest BCUT2D eigenvalue weighted by Gasteiger charge is -2.33. The second kappa shape index (κ2) is 6.63. The number of alkyl halides is 11. The predicted molar refractivity (Wildman–Crippen MR) is 52.6 cm³/mol. The Morgan fingerprint density at radius 2 is 1.12 bits per heavy atom. The molecule has 0 aromatic carbocycles. The van der Waals surface area contributed by atoms with E-state index in [0.29, 0.717) is 0 Å². The topological polar surface area (TPSA) is 12.5 Å². The summed E-state index contributed by atoms with van der Waals surface area (Å²) in [4.78, 5) is 0. The van der Waals surface area contributed by atoms with Crippen molar-refractivity contribution in [2.24, 2.45) is 0 Å². The minimum atomic E-state index is -6.22. The van der Waals surface area contributed by atoms with Crippen LogP contribution in [0.1, 0.15) is 12.8 Å². The summed E-state index contributed by atoms with van der Waals surface area (Å²) in [5.74, 6) is -10.9. The van der Waals surface area contributed by atoms with Crippen molar-refractivity contribution in [3.05, 3.63) is 0 Å². The first-order valence-corrected chi connectivity index (χ1v) is 6.22. The number of halogens is 13. The van der Waals surface area contributed by atoms with Crippen LogP contribution in [-0.2, 0) is 4.74 Å². The summed E-state index contributed by atoms with van der Waals surface area (Å²) < 4.78 is 168. The van der Waals surface area contributed by atoms with Gasteiger partial charge in [0.15, 0.2) is 0 Å². The van der Waals surface area contributed by atoms with Gasteiger partial charge in [0.1, 0.15) is 12.2 Å². The highest BCUT2D eigenvalue weighted by atomic mass is 19.4. The summed E-state index contributed by atoms with van der Waals surface area (Å²) in [6.45, 7) is 0. The third-order valence-corrected chi connectivity index (χ3v) is 3.37. The van der Waals surface area contributed by atoms with E-state index in [2.05, 4.69) is 4.74 Å². The average molecular weight is 405 g/mol. The van der Waals surface area contributed by atoms with Gasteiger partial charge in [-0.25, -0.2) is 22.0 Å². The van der Waals surface area contributed by atoms with Crippen molar-refractivity contribution in [3.63, 3.8) is 0 Å². The molecule has 0 aromatic heterocycles. The summed E-state index contributed by atoms with van der Waals surface area (Å²) in [5, 5.41) is -2.91. The van der Waals surface area contributed by atoms with E-state index < -0.39 is 66.8 Å². The molecule has 0 saturated carbocycles. The Morgan fingerprint density at radius 3 is 1.44 bits per heavy atom. The highest BCUT2D eigenvalue weighted by Crippen LogP contribution is 2.47. The Bertz CT molecular complexity index is 459. The molecule has 25 heavy (non-hydrogen) atoms. The lowest BCUT2D eigenvalue weighted by Crippen LogP contribution is -2.57. The first kappa shape index (κ1) is 22.1. The van der Waals surface area contributed by atoms with Crippen LogP contribution in [0.4, 0.5) is 57.3 Å². The smallest absolute Gasteiger partial charge is 0.362 e. The fraction of sp³-hybridized carbons (Fsp3) is 1.00. The molecule has 1 aliphatic rings. The monoisotopic (exact) mass is 405 g/mol. The van der Waals surface area contributed by atoms with Gasteiger partial charge in [-0.1, -0.05) is 0 Å². The summed E-state index contributed by atoms with van der Waals surface area (Å²) in [6, 6.07) is -4.75. The van der Waals surface area contributed by atoms with E-state index in [0.717, 1.165) is 0 Å². The molecule has 0 radical (unpaired) electrons. The molecule has 1 saturated heterocycles. The molecule has 1 fully saturated rings. The average Bonchev–Trinajstić information content (AvgIpc) is 2.84. The largest absolute Gasteiger partial charge is 0.425 e. The molecule has 1 heterocycles. The minimum absolute atomic E-state index is 1.40. The van der Waals surface area contributed by atoms with Gasteiger partial charge in [0.25, 0.3) is 6.17 Å². The van der Waals surface area contributed by atoms with Gasteiger partial charge in [0, 0.05) is 5.34 Å². The van der Waals surface area contributed by atoms with E-state index >= 15 is 0 Å². The van der Waals surface area contributed by atoms with Crippen molar-refractivity contribution >= 4 is 0 Å². The van der Waals surface area contributed by atoms with Gasteiger partial charge in [-0.3, -0.25) is 0 Å². The Labute approximate surface area is 130 Å². The lowest BCUT2D eigenvalue weighted by atomic mass is 10.00. The van der Waals surface area contributed by atoms with Gasteiger partial charge in [-0.2, -0.15) is 26.3 Å². The van der Waals surface area contributed by atoms with Gasteiger partial charge in [-0.15, -0.1) is 8.96 Å². The Balaban J connectivity index is 3.02. The van der Waals surface area contributed by atoms with Crippen molar-refractivity contribution in [1.29, 1.82) is 0 Å². The fourth-order valence-electron chi connectivity index (χ4n) is 2.22. The maximum absolute atomic E-state index is 13.6. The first-order chi connectivity index (χ1) is 10.9. The fourth-order valence-corrected chi connectivity index (χ4v) is 2.22. The number of hydrogen-bond donors (Lipinski definition) is 0. The van der Waals surface area contributed by atoms with E-state index in [1.165, 1.54) is 0 Å². The van der Waals surface area contributed by atoms with Crippen LogP contribution in [-0.4, -0.2) is 54.0 Å². The molecule has 0 amide bonds. The van der Waals surface area contributed by atoms with Gasteiger partial charge in [-0.05, 0) is 12.8 Å². The van der Waals surface area contributed by atoms with Crippen molar-refractivity contribution in [2.75, 3.05) is 0 Å². The van der Waals surface area contributed by atoms with Crippen molar-refractivity contribution in [1.82, 2.24) is 5.34 Å². The van der Waals surface area contributed by atoms with E-state index in [1.807, 2.05) is 0 Å². The van der Waals surface area contributed by atoms with Gasteiger partial charge < -0.3 is 4.74 Å². The van der Waals surface area contributed by atoms with Crippen LogP contribution in [0.5, 0.6) is 0 Å². The zero-order chi connectivity index (χ0) is 20.0. The molecule has 4 atom stereocenters. The molecule has 0 aliphatic carbocycles. The van der Waals surface area contributed by atoms with Gasteiger partial charge in [0.2, 0.25) is 6.04 Å². The van der Waals surface area contributed by atoms with E-state index in [9.17, 15) is 57.3 Å². The summed E-state index contributed by atoms with van der Waals surface area (Å²) >= 11 is 0. The zero-order valence-electron chi connectivity index (χ0n) is 11.5. The highest BCUT2D eigenvalue weighted by Gasteiger charge is 2.68. The molecule has 0 spiro atoms. The maximum Gasteiger partial charge on any atom is 0.425 e. The van der Waals surface area contributed by atoms with Gasteiger partial charge in [0.05, 0.1) is 0 Å². The van der Waals surface area contributed by atoms with Crippen LogP contribution in [0.25, 0.3) is 0 Å². The molecular formula is C10H8F13NO. The van der Waals surface area contributed by atoms with Crippen molar-refractivity contribution in [2.45, 2.75) is 61.5 Å². The maximum atomic E-state index is 13.6. The molecule has 150 valence electrons. The minimum Gasteiger partial charge on any atom is -0.362 e. The van der Waals surface area contributed by atoms with Crippen LogP contribution in [0, 0.1) is 0 Å². The Kier molecular flexibility index (Phi) is 5.85. The third kappa shape index (κ3) is 4.41. The van der Waals surface area contributed by atoms with E-state index in [4.69, 9.17) is 0 Å². The molecule has 1 aliphatic heterocycles. The first-order valence-electron chi connectivity index (χ1n) is 6.22. The molecule has 0 bridgehead atoms. The number of hydrogen-bond acceptors (Lipinski definition) is 2. The van der Waals surface area contributed by atoms with Crippen molar-refractivity contribution < 1.29 is 62.0 Å². The standard InChI is InChI=1S/C10H8F13NO/c11-5(9(16,17)18)7(12,13)3-1-2-4(25-3)8(14,15)6(24(22)23)10(19,20)21/h3-6H,1-2H2. The SMILES string of the molecule is FC(C(F)(F)F)C(F)(F)C1CCC(C(F)(F)C(N(F)F)C(F)(F)F)O1. The number of ether oxygens (including phenoxy) is 1. The summed E-state index contributed by atoms with van der Waals surface area (Å²) in [6.07, 6.45) is -26.4. The quantitative estimate of drug-likeness (QED) is 0.486. The van der Waals surface area contributed by atoms with Crippen LogP contribution in [0.3, 0.4) is 0 Å². The second-order valence-corrected chi connectivity index (χ2v) is 5.15. The number of nitrogens with zero attached hydrogens (tertiary/aromatic N) is 1. The van der Waals surface area contributed by atoms with E-state index in [-0.39, 0.29) is 0 Å². The van der Waals surface area contributed by atoms with Crippen LogP contribution < -0.4 is 0 Å². The Hall–Kier alpha value is -0.990. The zero-order valence-corrected chi connectivity index (χ0v) is 11.5. The molecule has 2 nitrogen and oxygen atoms in total. The molecule has 1 rings (SSSR count). The van der Waals surface area contributed by atoms with Gasteiger partial charge >= 0.3 is 24.2 Å². The molecular weight excluding hydrogens is 397 g/mol. The summed E-state index contributed by atoms with van der Waals surface area (Å²) in [7, 11) is 0. The third-order valence-electron chi connectivity index (χ3n) is 3.37. The van der Waals surface area contributed by atoms with Crippen molar-refractivity contribution in [3.8, 4) is 0 Å². The lowest BCUT2D eigenvalue weighted by molar-refractivity contribution is -0.350. The molecule has 15 heteroatoms. The Morgan fingerprint density at radius 1 is 0.720 bits per heavy atom. The van der Waals surface area contributed by atoms with Crippen LogP contribution in [0.2, 0.25) is 0 Å². The van der Waals surface area contributed by atoms with Crippen LogP contribution in [0.15, 0.2) is 0 Å². The molecule has 0 N–H and O–H groups in total.